The van der Waals surface area contributed by atoms with Crippen LogP contribution in [-0.2, 0) is 13.0 Å². The van der Waals surface area contributed by atoms with Crippen molar-refractivity contribution in [2.24, 2.45) is 0 Å². The normalized spacial score (nSPS) is 10.5. The zero-order chi connectivity index (χ0) is 17.6. The van der Waals surface area contributed by atoms with Gasteiger partial charge in [0.1, 0.15) is 5.82 Å². The van der Waals surface area contributed by atoms with E-state index in [2.05, 4.69) is 76.9 Å². The van der Waals surface area contributed by atoms with E-state index in [4.69, 9.17) is 0 Å². The Hall–Kier alpha value is -2.88. The van der Waals surface area contributed by atoms with E-state index in [0.717, 1.165) is 23.6 Å². The molecule has 0 fully saturated rings. The van der Waals surface area contributed by atoms with Crippen molar-refractivity contribution >= 4 is 17.5 Å². The van der Waals surface area contributed by atoms with Crippen molar-refractivity contribution in [3.05, 3.63) is 77.0 Å². The van der Waals surface area contributed by atoms with Crippen LogP contribution < -0.4 is 10.6 Å². The minimum absolute atomic E-state index is 0.639. The fourth-order valence-corrected chi connectivity index (χ4v) is 2.78. The second-order valence-electron chi connectivity index (χ2n) is 6.13. The molecule has 2 aromatic carbocycles. The quantitative estimate of drug-likeness (QED) is 0.666. The van der Waals surface area contributed by atoms with Gasteiger partial charge in [-0.1, -0.05) is 49.4 Å². The highest BCUT2D eigenvalue weighted by Crippen LogP contribution is 2.21. The molecule has 3 aromatic rings. The SMILES string of the molecule is CCc1ccccc1Nc1cc(C)nc(NCc2ccccc2C)n1. The first-order valence-electron chi connectivity index (χ1n) is 8.64. The molecule has 2 N–H and O–H groups in total. The molecular formula is C21H24N4. The monoisotopic (exact) mass is 332 g/mol. The van der Waals surface area contributed by atoms with Crippen molar-refractivity contribution in [2.75, 3.05) is 10.6 Å². The predicted molar refractivity (Wildman–Crippen MR) is 104 cm³/mol. The third-order valence-electron chi connectivity index (χ3n) is 4.21. The van der Waals surface area contributed by atoms with Gasteiger partial charge in [0.25, 0.3) is 0 Å². The Kier molecular flexibility index (Phi) is 5.29. The molecule has 0 spiro atoms. The van der Waals surface area contributed by atoms with Crippen LogP contribution in [0.4, 0.5) is 17.5 Å². The van der Waals surface area contributed by atoms with E-state index < -0.39 is 0 Å². The first-order chi connectivity index (χ1) is 12.2. The van der Waals surface area contributed by atoms with Gasteiger partial charge < -0.3 is 10.6 Å². The van der Waals surface area contributed by atoms with E-state index in [0.29, 0.717) is 12.5 Å². The number of aromatic nitrogens is 2. The van der Waals surface area contributed by atoms with Crippen LogP contribution in [0, 0.1) is 13.8 Å². The minimum Gasteiger partial charge on any atom is -0.350 e. The highest BCUT2D eigenvalue weighted by Gasteiger charge is 2.06. The average molecular weight is 332 g/mol. The van der Waals surface area contributed by atoms with Gasteiger partial charge in [-0.25, -0.2) is 4.98 Å². The zero-order valence-electron chi connectivity index (χ0n) is 15.0. The van der Waals surface area contributed by atoms with Gasteiger partial charge in [0.2, 0.25) is 5.95 Å². The first-order valence-corrected chi connectivity index (χ1v) is 8.64. The fraction of sp³-hybridized carbons (Fsp3) is 0.238. The maximum Gasteiger partial charge on any atom is 0.225 e. The second kappa shape index (κ2) is 7.79. The number of benzene rings is 2. The molecule has 0 aliphatic carbocycles. The largest absolute Gasteiger partial charge is 0.350 e. The van der Waals surface area contributed by atoms with E-state index in [9.17, 15) is 0 Å². The summed E-state index contributed by atoms with van der Waals surface area (Å²) >= 11 is 0. The zero-order valence-corrected chi connectivity index (χ0v) is 15.0. The van der Waals surface area contributed by atoms with Gasteiger partial charge in [-0.2, -0.15) is 4.98 Å². The molecule has 0 unspecified atom stereocenters. The Morgan fingerprint density at radius 2 is 1.60 bits per heavy atom. The number of para-hydroxylation sites is 1. The minimum atomic E-state index is 0.639. The molecule has 0 radical (unpaired) electrons. The smallest absolute Gasteiger partial charge is 0.225 e. The number of hydrogen-bond acceptors (Lipinski definition) is 4. The molecule has 4 heteroatoms. The van der Waals surface area contributed by atoms with E-state index in [1.807, 2.05) is 19.1 Å². The summed E-state index contributed by atoms with van der Waals surface area (Å²) in [6.45, 7) is 6.96. The molecule has 0 amide bonds. The molecule has 1 aromatic heterocycles. The summed E-state index contributed by atoms with van der Waals surface area (Å²) in [5.41, 5.74) is 5.80. The van der Waals surface area contributed by atoms with Gasteiger partial charge in [0.15, 0.2) is 0 Å². The van der Waals surface area contributed by atoms with Gasteiger partial charge in [0, 0.05) is 24.0 Å². The predicted octanol–water partition coefficient (Wildman–Crippen LogP) is 5.01. The fourth-order valence-electron chi connectivity index (χ4n) is 2.78. The molecule has 0 saturated carbocycles. The number of hydrogen-bond donors (Lipinski definition) is 2. The van der Waals surface area contributed by atoms with Gasteiger partial charge in [0.05, 0.1) is 0 Å². The molecule has 0 saturated heterocycles. The maximum absolute atomic E-state index is 4.62. The Balaban J connectivity index is 1.77. The van der Waals surface area contributed by atoms with Crippen LogP contribution in [0.2, 0.25) is 0 Å². The molecule has 0 bridgehead atoms. The Bertz CT molecular complexity index is 858. The van der Waals surface area contributed by atoms with Crippen LogP contribution in [0.1, 0.15) is 29.3 Å². The molecule has 0 atom stereocenters. The van der Waals surface area contributed by atoms with Gasteiger partial charge in [-0.05, 0) is 43.0 Å². The Morgan fingerprint density at radius 3 is 2.36 bits per heavy atom. The second-order valence-corrected chi connectivity index (χ2v) is 6.13. The summed E-state index contributed by atoms with van der Waals surface area (Å²) in [4.78, 5) is 9.12. The van der Waals surface area contributed by atoms with E-state index in [1.54, 1.807) is 0 Å². The molecule has 128 valence electrons. The summed E-state index contributed by atoms with van der Waals surface area (Å²) in [7, 11) is 0. The Labute approximate surface area is 149 Å². The van der Waals surface area contributed by atoms with Gasteiger partial charge in [-0.15, -0.1) is 0 Å². The third kappa shape index (κ3) is 4.35. The summed E-state index contributed by atoms with van der Waals surface area (Å²) in [5, 5.41) is 6.76. The van der Waals surface area contributed by atoms with E-state index in [1.165, 1.54) is 16.7 Å². The number of nitrogens with one attached hydrogen (secondary N) is 2. The Morgan fingerprint density at radius 1 is 0.880 bits per heavy atom. The maximum atomic E-state index is 4.62. The van der Waals surface area contributed by atoms with Crippen LogP contribution in [0.5, 0.6) is 0 Å². The standard InChI is InChI=1S/C21H24N4/c1-4-17-10-7-8-12-19(17)24-20-13-16(3)23-21(25-20)22-14-18-11-6-5-9-15(18)2/h5-13H,4,14H2,1-3H3,(H2,22,23,24,25). The topological polar surface area (TPSA) is 49.8 Å². The van der Waals surface area contributed by atoms with Crippen LogP contribution >= 0.6 is 0 Å². The van der Waals surface area contributed by atoms with Gasteiger partial charge >= 0.3 is 0 Å². The first kappa shape index (κ1) is 17.0. The number of nitrogens with zero attached hydrogens (tertiary/aromatic N) is 2. The number of aryl methyl sites for hydroxylation is 3. The number of anilines is 3. The molecule has 3 rings (SSSR count). The van der Waals surface area contributed by atoms with Gasteiger partial charge in [-0.3, -0.25) is 0 Å². The summed E-state index contributed by atoms with van der Waals surface area (Å²) in [6.07, 6.45) is 0.978. The number of rotatable bonds is 6. The lowest BCUT2D eigenvalue weighted by atomic mass is 10.1. The van der Waals surface area contributed by atoms with E-state index >= 15 is 0 Å². The average Bonchev–Trinajstić information content (AvgIpc) is 2.61. The molecule has 4 nitrogen and oxygen atoms in total. The lowest BCUT2D eigenvalue weighted by molar-refractivity contribution is 1.02. The van der Waals surface area contributed by atoms with Crippen molar-refractivity contribution in [3.8, 4) is 0 Å². The van der Waals surface area contributed by atoms with Crippen molar-refractivity contribution in [1.82, 2.24) is 9.97 Å². The van der Waals surface area contributed by atoms with Crippen molar-refractivity contribution < 1.29 is 0 Å². The molecule has 0 aliphatic heterocycles. The van der Waals surface area contributed by atoms with Crippen molar-refractivity contribution in [2.45, 2.75) is 33.7 Å². The van der Waals surface area contributed by atoms with Crippen LogP contribution in [0.15, 0.2) is 54.6 Å². The van der Waals surface area contributed by atoms with Crippen LogP contribution in [-0.4, -0.2) is 9.97 Å². The lowest BCUT2D eigenvalue weighted by Crippen LogP contribution is -2.07. The molecule has 0 aliphatic rings. The molecule has 1 heterocycles. The van der Waals surface area contributed by atoms with Crippen molar-refractivity contribution in [3.63, 3.8) is 0 Å². The lowest BCUT2D eigenvalue weighted by Gasteiger charge is -2.13. The summed E-state index contributed by atoms with van der Waals surface area (Å²) < 4.78 is 0. The van der Waals surface area contributed by atoms with Crippen LogP contribution in [0.3, 0.4) is 0 Å². The highest BCUT2D eigenvalue weighted by atomic mass is 15.1. The van der Waals surface area contributed by atoms with Crippen molar-refractivity contribution in [1.29, 1.82) is 0 Å². The summed E-state index contributed by atoms with van der Waals surface area (Å²) in [6, 6.07) is 18.6. The molecule has 25 heavy (non-hydrogen) atoms. The summed E-state index contributed by atoms with van der Waals surface area (Å²) in [5.74, 6) is 1.44. The van der Waals surface area contributed by atoms with Crippen LogP contribution in [0.25, 0.3) is 0 Å². The van der Waals surface area contributed by atoms with E-state index in [-0.39, 0.29) is 0 Å². The highest BCUT2D eigenvalue weighted by molar-refractivity contribution is 5.61. The molecular weight excluding hydrogens is 308 g/mol. The third-order valence-corrected chi connectivity index (χ3v) is 4.21.